The van der Waals surface area contributed by atoms with E-state index in [0.29, 0.717) is 18.7 Å². The molecule has 1 unspecified atom stereocenters. The van der Waals surface area contributed by atoms with Crippen molar-refractivity contribution in [3.8, 4) is 0 Å². The third-order valence-electron chi connectivity index (χ3n) is 4.69. The number of nitrogens with one attached hydrogen (secondary N) is 1. The Hall–Kier alpha value is -2.22. The van der Waals surface area contributed by atoms with Gasteiger partial charge in [0.05, 0.1) is 4.90 Å². The molecule has 7 heteroatoms. The van der Waals surface area contributed by atoms with Crippen LogP contribution < -0.4 is 9.62 Å². The molecule has 1 amide bonds. The van der Waals surface area contributed by atoms with E-state index >= 15 is 0 Å². The van der Waals surface area contributed by atoms with E-state index in [0.717, 1.165) is 17.7 Å². The summed E-state index contributed by atoms with van der Waals surface area (Å²) < 4.78 is 27.2. The third-order valence-corrected chi connectivity index (χ3v) is 6.17. The Labute approximate surface area is 160 Å². The van der Waals surface area contributed by atoms with Crippen LogP contribution in [0.3, 0.4) is 0 Å². The summed E-state index contributed by atoms with van der Waals surface area (Å²) in [5.41, 5.74) is 2.56. The summed E-state index contributed by atoms with van der Waals surface area (Å²) in [6.07, 6.45) is 0.824. The van der Waals surface area contributed by atoms with Gasteiger partial charge in [0.1, 0.15) is 0 Å². The summed E-state index contributed by atoms with van der Waals surface area (Å²) in [7, 11) is 0.184. The van der Waals surface area contributed by atoms with E-state index in [-0.39, 0.29) is 16.8 Å². The average Bonchev–Trinajstić information content (AvgIpc) is 2.96. The first-order valence-corrected chi connectivity index (χ1v) is 10.4. The van der Waals surface area contributed by atoms with E-state index in [9.17, 15) is 13.2 Å². The number of sulfonamides is 1. The highest BCUT2D eigenvalue weighted by Crippen LogP contribution is 2.33. The molecule has 2 aromatic rings. The van der Waals surface area contributed by atoms with Gasteiger partial charge in [-0.25, -0.2) is 13.1 Å². The number of carbonyl (C=O) groups excluding carboxylic acids is 1. The largest absolute Gasteiger partial charge is 0.308 e. The maximum Gasteiger partial charge on any atom is 0.258 e. The minimum absolute atomic E-state index is 0.0750. The highest BCUT2D eigenvalue weighted by molar-refractivity contribution is 7.89. The lowest BCUT2D eigenvalue weighted by Crippen LogP contribution is -2.35. The Kier molecular flexibility index (Phi) is 5.64. The summed E-state index contributed by atoms with van der Waals surface area (Å²) >= 11 is 0. The minimum atomic E-state index is -3.58. The molecule has 1 N–H and O–H groups in total. The summed E-state index contributed by atoms with van der Waals surface area (Å²) in [4.78, 5) is 16.8. The van der Waals surface area contributed by atoms with Crippen LogP contribution in [0.2, 0.25) is 0 Å². The molecule has 0 aromatic heterocycles. The zero-order chi connectivity index (χ0) is 19.6. The molecule has 0 bridgehead atoms. The molecule has 2 aromatic carbocycles. The molecule has 27 heavy (non-hydrogen) atoms. The minimum Gasteiger partial charge on any atom is -0.308 e. The van der Waals surface area contributed by atoms with Crippen molar-refractivity contribution in [2.45, 2.75) is 24.3 Å². The van der Waals surface area contributed by atoms with Crippen LogP contribution >= 0.6 is 0 Å². The summed E-state index contributed by atoms with van der Waals surface area (Å²) in [5.74, 6) is -0.114. The monoisotopic (exact) mass is 387 g/mol. The summed E-state index contributed by atoms with van der Waals surface area (Å²) in [5, 5.41) is 0. The van der Waals surface area contributed by atoms with Gasteiger partial charge >= 0.3 is 0 Å². The fraction of sp³-hybridized carbons (Fsp3) is 0.350. The highest BCUT2D eigenvalue weighted by atomic mass is 32.2. The molecule has 0 saturated heterocycles. The van der Waals surface area contributed by atoms with Crippen LogP contribution in [0.15, 0.2) is 53.4 Å². The molecule has 0 saturated carbocycles. The molecular weight excluding hydrogens is 362 g/mol. The maximum absolute atomic E-state index is 13.0. The fourth-order valence-electron chi connectivity index (χ4n) is 3.28. The molecule has 6 nitrogen and oxygen atoms in total. The molecule has 1 aliphatic rings. The third kappa shape index (κ3) is 4.21. The topological polar surface area (TPSA) is 69.7 Å². The molecule has 144 valence electrons. The number of hydrogen-bond acceptors (Lipinski definition) is 4. The molecule has 0 fully saturated rings. The number of carbonyl (C=O) groups is 1. The number of anilines is 1. The number of rotatable bonds is 6. The van der Waals surface area contributed by atoms with Crippen molar-refractivity contribution in [3.63, 3.8) is 0 Å². The molecule has 1 atom stereocenters. The second-order valence-corrected chi connectivity index (χ2v) is 8.85. The Morgan fingerprint density at radius 2 is 1.81 bits per heavy atom. The van der Waals surface area contributed by atoms with Crippen molar-refractivity contribution in [3.05, 3.63) is 59.7 Å². The molecule has 0 aliphatic carbocycles. The lowest BCUT2D eigenvalue weighted by atomic mass is 10.1. The predicted molar refractivity (Wildman–Crippen MR) is 107 cm³/mol. The molecule has 1 aliphatic heterocycles. The number of nitrogens with zero attached hydrogens (tertiary/aromatic N) is 2. The summed E-state index contributed by atoms with van der Waals surface area (Å²) in [6.45, 7) is 2.96. The predicted octanol–water partition coefficient (Wildman–Crippen LogP) is 2.12. The van der Waals surface area contributed by atoms with Gasteiger partial charge in [0.15, 0.2) is 0 Å². The Morgan fingerprint density at radius 3 is 2.48 bits per heavy atom. The van der Waals surface area contributed by atoms with E-state index in [1.54, 1.807) is 17.0 Å². The van der Waals surface area contributed by atoms with Gasteiger partial charge in [-0.15, -0.1) is 0 Å². The number of amides is 1. The summed E-state index contributed by atoms with van der Waals surface area (Å²) in [6, 6.07) is 14.1. The van der Waals surface area contributed by atoms with Gasteiger partial charge in [-0.05, 0) is 63.3 Å². The van der Waals surface area contributed by atoms with Gasteiger partial charge in [0.2, 0.25) is 10.0 Å². The molecule has 0 radical (unpaired) electrons. The van der Waals surface area contributed by atoms with Gasteiger partial charge in [-0.2, -0.15) is 0 Å². The smallest absolute Gasteiger partial charge is 0.258 e. The van der Waals surface area contributed by atoms with E-state index in [1.807, 2.05) is 50.2 Å². The second kappa shape index (κ2) is 7.80. The van der Waals surface area contributed by atoms with Gasteiger partial charge in [-0.3, -0.25) is 4.79 Å². The second-order valence-electron chi connectivity index (χ2n) is 7.08. The Balaban J connectivity index is 1.77. The van der Waals surface area contributed by atoms with Crippen LogP contribution in [-0.2, 0) is 16.4 Å². The lowest BCUT2D eigenvalue weighted by molar-refractivity contribution is 0.0981. The number of fused-ring (bicyclic) bond motifs is 1. The van der Waals surface area contributed by atoms with Crippen LogP contribution in [0.1, 0.15) is 22.8 Å². The molecule has 1 heterocycles. The zero-order valence-electron chi connectivity index (χ0n) is 15.8. The first-order chi connectivity index (χ1) is 12.8. The number of likely N-dealkylation sites (N-methyl/N-ethyl adjacent to an activating group) is 1. The average molecular weight is 388 g/mol. The van der Waals surface area contributed by atoms with E-state index < -0.39 is 10.0 Å². The van der Waals surface area contributed by atoms with Crippen molar-refractivity contribution >= 4 is 21.6 Å². The van der Waals surface area contributed by atoms with Crippen molar-refractivity contribution in [1.29, 1.82) is 0 Å². The number of hydrogen-bond donors (Lipinski definition) is 1. The first-order valence-electron chi connectivity index (χ1n) is 8.95. The maximum atomic E-state index is 13.0. The van der Waals surface area contributed by atoms with Crippen molar-refractivity contribution in [2.75, 3.05) is 32.1 Å². The number of benzene rings is 2. The normalized spacial score (nSPS) is 16.6. The van der Waals surface area contributed by atoms with Gasteiger partial charge in [0, 0.05) is 30.4 Å². The van der Waals surface area contributed by atoms with Crippen molar-refractivity contribution in [2.24, 2.45) is 0 Å². The lowest BCUT2D eigenvalue weighted by Gasteiger charge is -2.23. The van der Waals surface area contributed by atoms with Crippen LogP contribution in [0, 0.1) is 0 Å². The Morgan fingerprint density at radius 1 is 1.15 bits per heavy atom. The fourth-order valence-corrected chi connectivity index (χ4v) is 4.30. The zero-order valence-corrected chi connectivity index (χ0v) is 16.7. The van der Waals surface area contributed by atoms with Crippen LogP contribution in [0.5, 0.6) is 0 Å². The van der Waals surface area contributed by atoms with Crippen LogP contribution in [0.4, 0.5) is 5.69 Å². The SMILES string of the molecule is CC1Cc2ccccc2N1C(=O)c1ccc(S(=O)(=O)NCCN(C)C)cc1. The van der Waals surface area contributed by atoms with Crippen molar-refractivity contribution < 1.29 is 13.2 Å². The van der Waals surface area contributed by atoms with Crippen LogP contribution in [0.25, 0.3) is 0 Å². The van der Waals surface area contributed by atoms with Gasteiger partial charge in [-0.1, -0.05) is 18.2 Å². The van der Waals surface area contributed by atoms with E-state index in [1.165, 1.54) is 12.1 Å². The van der Waals surface area contributed by atoms with Crippen LogP contribution in [-0.4, -0.2) is 52.5 Å². The standard InChI is InChI=1S/C20H25N3O3S/c1-15-14-17-6-4-5-7-19(17)23(15)20(24)16-8-10-18(11-9-16)27(25,26)21-12-13-22(2)3/h4-11,15,21H,12-14H2,1-3H3. The molecule has 3 rings (SSSR count). The van der Waals surface area contributed by atoms with Gasteiger partial charge in [0.25, 0.3) is 5.91 Å². The molecular formula is C20H25N3O3S. The quantitative estimate of drug-likeness (QED) is 0.824. The Bertz CT molecular complexity index is 924. The van der Waals surface area contributed by atoms with E-state index in [4.69, 9.17) is 0 Å². The van der Waals surface area contributed by atoms with Crippen molar-refractivity contribution in [1.82, 2.24) is 9.62 Å². The first kappa shape index (κ1) is 19.5. The van der Waals surface area contributed by atoms with Gasteiger partial charge < -0.3 is 9.80 Å². The molecule has 0 spiro atoms. The number of para-hydroxylation sites is 1. The highest BCUT2D eigenvalue weighted by Gasteiger charge is 2.31. The van der Waals surface area contributed by atoms with E-state index in [2.05, 4.69) is 4.72 Å².